The molecule has 2 saturated heterocycles. The van der Waals surface area contributed by atoms with Gasteiger partial charge in [-0.1, -0.05) is 37.3 Å². The number of nitriles is 1. The molecule has 0 unspecified atom stereocenters. The third-order valence-electron chi connectivity index (χ3n) is 6.31. The van der Waals surface area contributed by atoms with E-state index in [-0.39, 0.29) is 30.0 Å². The predicted molar refractivity (Wildman–Crippen MR) is 142 cm³/mol. The first-order valence-corrected chi connectivity index (χ1v) is 13.0. The van der Waals surface area contributed by atoms with Crippen molar-refractivity contribution in [2.24, 2.45) is 0 Å². The van der Waals surface area contributed by atoms with Crippen LogP contribution in [0.25, 0.3) is 6.08 Å². The van der Waals surface area contributed by atoms with E-state index in [2.05, 4.69) is 29.8 Å². The first-order valence-electron chi connectivity index (χ1n) is 11.8. The molecular weight excluding hydrogens is 486 g/mol. The molecular formula is C24H31N5O4S2. The molecule has 9 nitrogen and oxygen atoms in total. The molecule has 0 aromatic carbocycles. The number of hydrogen-bond acceptors (Lipinski definition) is 8. The number of rotatable bonds is 9. The van der Waals surface area contributed by atoms with Crippen LogP contribution in [0, 0.1) is 18.3 Å². The molecule has 3 rings (SSSR count). The molecule has 1 amide bonds. The average molecular weight is 518 g/mol. The standard InChI is InChI=1S/C24H31N5O4S2/c1-4-5-8-28-21(27-12-10-26(3)11-13-27)17(16(2)18(15-25)22(28)32)14-19-23(33)29(24(34)35-19)9-6-7-20(30)31/h14H,4-13H2,1-3H3,(H,30,31). The molecule has 0 bridgehead atoms. The topological polar surface area (TPSA) is 110 Å². The Balaban J connectivity index is 2.11. The number of carbonyl (C=O) groups excluding carboxylic acids is 1. The minimum absolute atomic E-state index is 0.0450. The lowest BCUT2D eigenvalue weighted by Gasteiger charge is -2.36. The third kappa shape index (κ3) is 5.94. The van der Waals surface area contributed by atoms with E-state index < -0.39 is 5.97 Å². The van der Waals surface area contributed by atoms with Crippen LogP contribution in [0.4, 0.5) is 5.82 Å². The molecule has 0 radical (unpaired) electrons. The SMILES string of the molecule is CCCCn1c(N2CCN(C)CC2)c(C=C2SC(=S)N(CCCC(=O)O)C2=O)c(C)c(C#N)c1=O. The summed E-state index contributed by atoms with van der Waals surface area (Å²) in [5.41, 5.74) is 1.02. The monoisotopic (exact) mass is 517 g/mol. The minimum atomic E-state index is -0.920. The summed E-state index contributed by atoms with van der Waals surface area (Å²) in [6.07, 6.45) is 3.70. The van der Waals surface area contributed by atoms with Gasteiger partial charge in [0.2, 0.25) is 0 Å². The Kier molecular flexibility index (Phi) is 9.10. The highest BCUT2D eigenvalue weighted by molar-refractivity contribution is 8.26. The second-order valence-corrected chi connectivity index (χ2v) is 10.5. The smallest absolute Gasteiger partial charge is 0.303 e. The number of carbonyl (C=O) groups is 2. The molecule has 0 saturated carbocycles. The van der Waals surface area contributed by atoms with Gasteiger partial charge < -0.3 is 14.9 Å². The van der Waals surface area contributed by atoms with Crippen molar-refractivity contribution in [1.82, 2.24) is 14.4 Å². The van der Waals surface area contributed by atoms with Crippen LogP contribution in [-0.2, 0) is 16.1 Å². The quantitative estimate of drug-likeness (QED) is 0.390. The number of anilines is 1. The Hall–Kier alpha value is -2.68. The summed E-state index contributed by atoms with van der Waals surface area (Å²) < 4.78 is 2.07. The highest BCUT2D eigenvalue weighted by atomic mass is 32.2. The molecule has 0 aliphatic carbocycles. The van der Waals surface area contributed by atoms with Crippen LogP contribution in [0.15, 0.2) is 9.70 Å². The van der Waals surface area contributed by atoms with Gasteiger partial charge in [-0.15, -0.1) is 0 Å². The van der Waals surface area contributed by atoms with Crippen molar-refractivity contribution in [3.63, 3.8) is 0 Å². The van der Waals surface area contributed by atoms with Crippen molar-refractivity contribution < 1.29 is 14.7 Å². The number of aliphatic carboxylic acids is 1. The number of carboxylic acid groups (broad SMARTS) is 1. The Bertz CT molecular complexity index is 1150. The Morgan fingerprint density at radius 2 is 1.89 bits per heavy atom. The zero-order valence-electron chi connectivity index (χ0n) is 20.4. The van der Waals surface area contributed by atoms with Gasteiger partial charge in [0.15, 0.2) is 0 Å². The number of aromatic nitrogens is 1. The van der Waals surface area contributed by atoms with Crippen LogP contribution in [0.1, 0.15) is 49.3 Å². The first-order chi connectivity index (χ1) is 16.7. The van der Waals surface area contributed by atoms with Gasteiger partial charge in [-0.3, -0.25) is 23.9 Å². The molecule has 0 spiro atoms. The summed E-state index contributed by atoms with van der Waals surface area (Å²) in [5, 5.41) is 18.7. The van der Waals surface area contributed by atoms with E-state index in [1.807, 2.05) is 0 Å². The summed E-state index contributed by atoms with van der Waals surface area (Å²) >= 11 is 6.57. The summed E-state index contributed by atoms with van der Waals surface area (Å²) in [5.74, 6) is -0.458. The van der Waals surface area contributed by atoms with Gasteiger partial charge in [-0.05, 0) is 38.5 Å². The number of carboxylic acids is 1. The molecule has 1 aromatic rings. The fourth-order valence-electron chi connectivity index (χ4n) is 4.24. The second-order valence-electron chi connectivity index (χ2n) is 8.78. The molecule has 2 aliphatic heterocycles. The lowest BCUT2D eigenvalue weighted by molar-refractivity contribution is -0.137. The maximum absolute atomic E-state index is 13.3. The number of pyridine rings is 1. The minimum Gasteiger partial charge on any atom is -0.481 e. The van der Waals surface area contributed by atoms with Crippen LogP contribution < -0.4 is 10.5 Å². The van der Waals surface area contributed by atoms with Crippen LogP contribution in [-0.4, -0.2) is 75.4 Å². The Labute approximate surface area is 215 Å². The molecule has 3 heterocycles. The maximum atomic E-state index is 13.3. The van der Waals surface area contributed by atoms with E-state index in [0.29, 0.717) is 33.3 Å². The van der Waals surface area contributed by atoms with Gasteiger partial charge >= 0.3 is 5.97 Å². The van der Waals surface area contributed by atoms with Crippen molar-refractivity contribution in [3.05, 3.63) is 31.9 Å². The molecule has 2 fully saturated rings. The van der Waals surface area contributed by atoms with Crippen molar-refractivity contribution in [1.29, 1.82) is 5.26 Å². The van der Waals surface area contributed by atoms with E-state index in [1.165, 1.54) is 16.7 Å². The predicted octanol–water partition coefficient (Wildman–Crippen LogP) is 2.65. The maximum Gasteiger partial charge on any atom is 0.303 e. The van der Waals surface area contributed by atoms with Crippen LogP contribution in [0.3, 0.4) is 0 Å². The van der Waals surface area contributed by atoms with Gasteiger partial charge in [-0.25, -0.2) is 0 Å². The van der Waals surface area contributed by atoms with Crippen molar-refractivity contribution >= 4 is 52.1 Å². The average Bonchev–Trinajstić information content (AvgIpc) is 3.08. The van der Waals surface area contributed by atoms with Crippen molar-refractivity contribution in [2.75, 3.05) is 44.7 Å². The van der Waals surface area contributed by atoms with Crippen molar-refractivity contribution in [3.8, 4) is 6.07 Å². The molecule has 1 aromatic heterocycles. The molecule has 1 N–H and O–H groups in total. The van der Waals surface area contributed by atoms with Gasteiger partial charge in [0.1, 0.15) is 21.8 Å². The lowest BCUT2D eigenvalue weighted by atomic mass is 10.0. The number of amides is 1. The normalized spacial score (nSPS) is 17.9. The zero-order chi connectivity index (χ0) is 25.7. The second kappa shape index (κ2) is 11.8. The number of nitrogens with zero attached hydrogens (tertiary/aromatic N) is 5. The van der Waals surface area contributed by atoms with Crippen LogP contribution >= 0.6 is 24.0 Å². The Morgan fingerprint density at radius 3 is 2.49 bits per heavy atom. The number of piperazine rings is 1. The van der Waals surface area contributed by atoms with E-state index in [0.717, 1.165) is 44.8 Å². The first kappa shape index (κ1) is 26.9. The molecule has 188 valence electrons. The molecule has 2 aliphatic rings. The number of thioether (sulfide) groups is 1. The van der Waals surface area contributed by atoms with E-state index in [9.17, 15) is 19.6 Å². The largest absolute Gasteiger partial charge is 0.481 e. The molecule has 11 heteroatoms. The van der Waals surface area contributed by atoms with E-state index in [1.54, 1.807) is 17.6 Å². The van der Waals surface area contributed by atoms with Crippen LogP contribution in [0.2, 0.25) is 0 Å². The number of likely N-dealkylation sites (N-methyl/N-ethyl adjacent to an activating group) is 1. The summed E-state index contributed by atoms with van der Waals surface area (Å²) in [6.45, 7) is 7.66. The number of hydrogen-bond donors (Lipinski definition) is 1. The third-order valence-corrected chi connectivity index (χ3v) is 7.68. The lowest BCUT2D eigenvalue weighted by Crippen LogP contribution is -2.47. The highest BCUT2D eigenvalue weighted by Crippen LogP contribution is 2.36. The highest BCUT2D eigenvalue weighted by Gasteiger charge is 2.33. The molecule has 35 heavy (non-hydrogen) atoms. The summed E-state index contributed by atoms with van der Waals surface area (Å²) in [6, 6.07) is 2.08. The van der Waals surface area contributed by atoms with E-state index in [4.69, 9.17) is 17.3 Å². The zero-order valence-corrected chi connectivity index (χ0v) is 22.0. The van der Waals surface area contributed by atoms with Gasteiger partial charge in [0.05, 0.1) is 4.91 Å². The van der Waals surface area contributed by atoms with Gasteiger partial charge in [0, 0.05) is 51.3 Å². The van der Waals surface area contributed by atoms with Crippen molar-refractivity contribution in [2.45, 2.75) is 46.1 Å². The van der Waals surface area contributed by atoms with Gasteiger partial charge in [-0.2, -0.15) is 5.26 Å². The summed E-state index contributed by atoms with van der Waals surface area (Å²) in [7, 11) is 2.06. The van der Waals surface area contributed by atoms with E-state index >= 15 is 0 Å². The number of unbranched alkanes of at least 4 members (excludes halogenated alkanes) is 1. The summed E-state index contributed by atoms with van der Waals surface area (Å²) in [4.78, 5) is 43.6. The van der Waals surface area contributed by atoms with Crippen LogP contribution in [0.5, 0.6) is 0 Å². The molecule has 0 atom stereocenters. The fraction of sp³-hybridized carbons (Fsp3) is 0.542. The number of thiocarbonyl (C=S) groups is 1. The Morgan fingerprint density at radius 1 is 1.20 bits per heavy atom. The fourth-order valence-corrected chi connectivity index (χ4v) is 5.53. The van der Waals surface area contributed by atoms with Gasteiger partial charge in [0.25, 0.3) is 11.5 Å².